The van der Waals surface area contributed by atoms with E-state index in [2.05, 4.69) is 16.8 Å². The fraction of sp³-hybridized carbons (Fsp3) is 0.636. The molecule has 0 saturated heterocycles. The fourth-order valence-electron chi connectivity index (χ4n) is 1.50. The Bertz CT molecular complexity index is 277. The lowest BCUT2D eigenvalue weighted by Crippen LogP contribution is -2.40. The number of rotatable bonds is 5. The minimum Gasteiger partial charge on any atom is -0.388 e. The summed E-state index contributed by atoms with van der Waals surface area (Å²) in [4.78, 5) is 1.26. The molecule has 1 aliphatic rings. The van der Waals surface area contributed by atoms with Crippen LogP contribution < -0.4 is 5.32 Å². The lowest BCUT2D eigenvalue weighted by molar-refractivity contribution is 0.0605. The molecule has 1 unspecified atom stereocenters. The van der Waals surface area contributed by atoms with Gasteiger partial charge in [0.05, 0.1) is 5.60 Å². The van der Waals surface area contributed by atoms with E-state index in [9.17, 15) is 5.11 Å². The smallest absolute Gasteiger partial charge is 0.0791 e. The Labute approximate surface area is 89.0 Å². The van der Waals surface area contributed by atoms with Crippen LogP contribution >= 0.6 is 11.3 Å². The molecule has 78 valence electrons. The van der Waals surface area contributed by atoms with Crippen LogP contribution in [0, 0.1) is 0 Å². The van der Waals surface area contributed by atoms with E-state index in [0.29, 0.717) is 12.6 Å². The zero-order valence-electron chi connectivity index (χ0n) is 8.49. The predicted molar refractivity (Wildman–Crippen MR) is 59.7 cm³/mol. The largest absolute Gasteiger partial charge is 0.388 e. The summed E-state index contributed by atoms with van der Waals surface area (Å²) >= 11 is 1.71. The van der Waals surface area contributed by atoms with Crippen molar-refractivity contribution in [2.45, 2.75) is 37.8 Å². The molecule has 0 aromatic carbocycles. The van der Waals surface area contributed by atoms with Gasteiger partial charge in [-0.25, -0.2) is 0 Å². The number of aliphatic hydroxyl groups is 1. The van der Waals surface area contributed by atoms with Crippen molar-refractivity contribution in [1.29, 1.82) is 0 Å². The molecular weight excluding hydrogens is 194 g/mol. The summed E-state index contributed by atoms with van der Waals surface area (Å²) in [6, 6.07) is 4.78. The average Bonchev–Trinajstić information content (AvgIpc) is 2.82. The molecule has 0 bridgehead atoms. The van der Waals surface area contributed by atoms with Crippen molar-refractivity contribution >= 4 is 11.3 Å². The molecule has 1 aromatic rings. The zero-order valence-corrected chi connectivity index (χ0v) is 9.31. The monoisotopic (exact) mass is 211 g/mol. The van der Waals surface area contributed by atoms with Crippen LogP contribution in [0.15, 0.2) is 17.5 Å². The third-order valence-corrected chi connectivity index (χ3v) is 3.36. The Hall–Kier alpha value is -0.380. The summed E-state index contributed by atoms with van der Waals surface area (Å²) in [5, 5.41) is 15.5. The van der Waals surface area contributed by atoms with Gasteiger partial charge in [0.25, 0.3) is 0 Å². The Morgan fingerprint density at radius 3 is 3.00 bits per heavy atom. The molecule has 0 radical (unpaired) electrons. The lowest BCUT2D eigenvalue weighted by Gasteiger charge is -2.23. The van der Waals surface area contributed by atoms with E-state index in [1.165, 1.54) is 17.7 Å². The summed E-state index contributed by atoms with van der Waals surface area (Å²) in [5.74, 6) is 0. The van der Waals surface area contributed by atoms with Crippen molar-refractivity contribution in [3.05, 3.63) is 22.4 Å². The first-order valence-corrected chi connectivity index (χ1v) is 6.02. The van der Waals surface area contributed by atoms with Gasteiger partial charge in [0.15, 0.2) is 0 Å². The fourth-order valence-corrected chi connectivity index (χ4v) is 2.39. The highest BCUT2D eigenvalue weighted by Gasteiger charge is 2.26. The number of nitrogens with one attached hydrogen (secondary N) is 1. The predicted octanol–water partition coefficient (Wildman–Crippen LogP) is 1.79. The molecule has 1 heterocycles. The first-order chi connectivity index (χ1) is 6.66. The van der Waals surface area contributed by atoms with E-state index < -0.39 is 5.60 Å². The summed E-state index contributed by atoms with van der Waals surface area (Å²) in [7, 11) is 0. The third-order valence-electron chi connectivity index (χ3n) is 2.48. The highest BCUT2D eigenvalue weighted by Crippen LogP contribution is 2.21. The summed E-state index contributed by atoms with van der Waals surface area (Å²) in [6.45, 7) is 2.61. The minimum absolute atomic E-state index is 0.604. The summed E-state index contributed by atoms with van der Waals surface area (Å²) < 4.78 is 0. The van der Waals surface area contributed by atoms with Gasteiger partial charge in [-0.2, -0.15) is 0 Å². The molecule has 1 aliphatic carbocycles. The zero-order chi connectivity index (χ0) is 10.0. The molecule has 2 rings (SSSR count). The van der Waals surface area contributed by atoms with Crippen LogP contribution in [0.5, 0.6) is 0 Å². The van der Waals surface area contributed by atoms with Crippen LogP contribution in [0.25, 0.3) is 0 Å². The van der Waals surface area contributed by atoms with E-state index in [1.54, 1.807) is 11.3 Å². The maximum atomic E-state index is 10.1. The highest BCUT2D eigenvalue weighted by atomic mass is 32.1. The van der Waals surface area contributed by atoms with E-state index in [1.807, 2.05) is 13.0 Å². The second-order valence-corrected chi connectivity index (χ2v) is 5.44. The van der Waals surface area contributed by atoms with Gasteiger partial charge in [0, 0.05) is 23.9 Å². The van der Waals surface area contributed by atoms with Gasteiger partial charge in [0.2, 0.25) is 0 Å². The van der Waals surface area contributed by atoms with Crippen LogP contribution in [0.4, 0.5) is 0 Å². The van der Waals surface area contributed by atoms with Gasteiger partial charge in [-0.1, -0.05) is 6.07 Å². The second-order valence-electron chi connectivity index (χ2n) is 4.41. The Morgan fingerprint density at radius 2 is 2.43 bits per heavy atom. The standard InChI is InChI=1S/C11H17NOS/c1-11(13,8-12-9-4-5-9)7-10-3-2-6-14-10/h2-3,6,9,12-13H,4-5,7-8H2,1H3. The van der Waals surface area contributed by atoms with Crippen molar-refractivity contribution in [3.8, 4) is 0 Å². The number of hydrogen-bond donors (Lipinski definition) is 2. The van der Waals surface area contributed by atoms with Crippen LogP contribution in [0.2, 0.25) is 0 Å². The molecule has 3 heteroatoms. The van der Waals surface area contributed by atoms with Crippen LogP contribution in [-0.2, 0) is 6.42 Å². The average molecular weight is 211 g/mol. The topological polar surface area (TPSA) is 32.3 Å². The number of thiophene rings is 1. The quantitative estimate of drug-likeness (QED) is 0.778. The Kier molecular flexibility index (Phi) is 2.91. The Morgan fingerprint density at radius 1 is 1.64 bits per heavy atom. The van der Waals surface area contributed by atoms with E-state index in [-0.39, 0.29) is 0 Å². The normalized spacial score (nSPS) is 20.7. The van der Waals surface area contributed by atoms with Gasteiger partial charge in [-0.15, -0.1) is 11.3 Å². The minimum atomic E-state index is -0.604. The van der Waals surface area contributed by atoms with E-state index >= 15 is 0 Å². The molecule has 0 spiro atoms. The van der Waals surface area contributed by atoms with Crippen molar-refractivity contribution in [3.63, 3.8) is 0 Å². The second kappa shape index (κ2) is 4.01. The van der Waals surface area contributed by atoms with Gasteiger partial charge in [-0.3, -0.25) is 0 Å². The first kappa shape index (κ1) is 10.1. The lowest BCUT2D eigenvalue weighted by atomic mass is 10.0. The molecule has 0 aliphatic heterocycles. The molecule has 2 nitrogen and oxygen atoms in total. The van der Waals surface area contributed by atoms with E-state index in [0.717, 1.165) is 6.42 Å². The van der Waals surface area contributed by atoms with E-state index in [4.69, 9.17) is 0 Å². The summed E-state index contributed by atoms with van der Waals surface area (Å²) in [6.07, 6.45) is 3.30. The highest BCUT2D eigenvalue weighted by molar-refractivity contribution is 7.09. The van der Waals surface area contributed by atoms with Gasteiger partial charge in [-0.05, 0) is 31.2 Å². The molecule has 1 fully saturated rings. The molecule has 1 saturated carbocycles. The van der Waals surface area contributed by atoms with Crippen molar-refractivity contribution in [1.82, 2.24) is 5.32 Å². The van der Waals surface area contributed by atoms with Crippen LogP contribution in [0.3, 0.4) is 0 Å². The first-order valence-electron chi connectivity index (χ1n) is 5.14. The molecular formula is C11H17NOS. The van der Waals surface area contributed by atoms with Gasteiger partial charge >= 0.3 is 0 Å². The maximum Gasteiger partial charge on any atom is 0.0791 e. The summed E-state index contributed by atoms with van der Waals surface area (Å²) in [5.41, 5.74) is -0.604. The number of hydrogen-bond acceptors (Lipinski definition) is 3. The third kappa shape index (κ3) is 3.08. The van der Waals surface area contributed by atoms with Crippen molar-refractivity contribution < 1.29 is 5.11 Å². The van der Waals surface area contributed by atoms with Crippen LogP contribution in [-0.4, -0.2) is 23.3 Å². The SMILES string of the molecule is CC(O)(CNC1CC1)Cc1cccs1. The maximum absolute atomic E-state index is 10.1. The van der Waals surface area contributed by atoms with Gasteiger partial charge in [0.1, 0.15) is 0 Å². The van der Waals surface area contributed by atoms with Crippen molar-refractivity contribution in [2.24, 2.45) is 0 Å². The molecule has 0 amide bonds. The molecule has 14 heavy (non-hydrogen) atoms. The Balaban J connectivity index is 1.81. The molecule has 1 atom stereocenters. The molecule has 1 aromatic heterocycles. The molecule has 2 N–H and O–H groups in total. The van der Waals surface area contributed by atoms with Crippen LogP contribution in [0.1, 0.15) is 24.6 Å². The van der Waals surface area contributed by atoms with Gasteiger partial charge < -0.3 is 10.4 Å². The van der Waals surface area contributed by atoms with Crippen molar-refractivity contribution in [2.75, 3.05) is 6.54 Å².